The maximum Gasteiger partial charge on any atom is 0.433 e. The van der Waals surface area contributed by atoms with Crippen molar-refractivity contribution in [3.63, 3.8) is 0 Å². The van der Waals surface area contributed by atoms with Crippen molar-refractivity contribution < 1.29 is 18.3 Å². The van der Waals surface area contributed by atoms with Gasteiger partial charge in [-0.2, -0.15) is 18.4 Å². The molecule has 0 bridgehead atoms. The fourth-order valence-electron chi connectivity index (χ4n) is 2.34. The maximum absolute atomic E-state index is 12.7. The molecule has 1 aromatic heterocycles. The van der Waals surface area contributed by atoms with E-state index in [9.17, 15) is 18.3 Å². The minimum absolute atomic E-state index is 0.0118. The highest BCUT2D eigenvalue weighted by atomic mass is 19.4. The van der Waals surface area contributed by atoms with Gasteiger partial charge in [-0.15, -0.1) is 0 Å². The summed E-state index contributed by atoms with van der Waals surface area (Å²) in [5, 5.41) is 19.0. The highest BCUT2D eigenvalue weighted by Crippen LogP contribution is 2.32. The Kier molecular flexibility index (Phi) is 3.61. The van der Waals surface area contributed by atoms with Crippen LogP contribution in [0.4, 0.5) is 19.0 Å². The fraction of sp³-hybridized carbons (Fsp3) is 0.538. The summed E-state index contributed by atoms with van der Waals surface area (Å²) < 4.78 is 38.1. The lowest BCUT2D eigenvalue weighted by atomic mass is 9.95. The van der Waals surface area contributed by atoms with E-state index in [4.69, 9.17) is 5.26 Å². The standard InChI is InChI=1S/C13H14F3N3O/c1-12(20)5-2-6-19(8-12)11-9(7-17)3-4-10(18-11)13(14,15)16/h3-4,20H,2,5-6,8H2,1H3. The second-order valence-corrected chi connectivity index (χ2v) is 5.20. The summed E-state index contributed by atoms with van der Waals surface area (Å²) in [5.74, 6) is -0.0118. The molecule has 1 atom stereocenters. The molecule has 1 fully saturated rings. The van der Waals surface area contributed by atoms with E-state index < -0.39 is 17.5 Å². The summed E-state index contributed by atoms with van der Waals surface area (Å²) in [7, 11) is 0. The van der Waals surface area contributed by atoms with E-state index in [1.807, 2.05) is 6.07 Å². The van der Waals surface area contributed by atoms with Crippen LogP contribution in [0.1, 0.15) is 31.0 Å². The van der Waals surface area contributed by atoms with E-state index in [1.165, 1.54) is 4.90 Å². The zero-order valence-corrected chi connectivity index (χ0v) is 10.9. The molecular formula is C13H14F3N3O. The average Bonchev–Trinajstić information content (AvgIpc) is 2.35. The largest absolute Gasteiger partial charge is 0.433 e. The van der Waals surface area contributed by atoms with Crippen molar-refractivity contribution in [3.8, 4) is 6.07 Å². The number of nitrogens with zero attached hydrogens (tertiary/aromatic N) is 3. The first-order chi connectivity index (χ1) is 9.23. The lowest BCUT2D eigenvalue weighted by Crippen LogP contribution is -2.46. The molecule has 0 aliphatic carbocycles. The summed E-state index contributed by atoms with van der Waals surface area (Å²) >= 11 is 0. The number of nitriles is 1. The molecule has 1 aliphatic heterocycles. The lowest BCUT2D eigenvalue weighted by Gasteiger charge is -2.37. The molecular weight excluding hydrogens is 271 g/mol. The fourth-order valence-corrected chi connectivity index (χ4v) is 2.34. The number of piperidine rings is 1. The first-order valence-corrected chi connectivity index (χ1v) is 6.19. The van der Waals surface area contributed by atoms with E-state index in [0.717, 1.165) is 12.1 Å². The lowest BCUT2D eigenvalue weighted by molar-refractivity contribution is -0.141. The molecule has 4 nitrogen and oxygen atoms in total. The van der Waals surface area contributed by atoms with Crippen LogP contribution in [0.25, 0.3) is 0 Å². The van der Waals surface area contributed by atoms with Gasteiger partial charge < -0.3 is 10.0 Å². The molecule has 1 unspecified atom stereocenters. The topological polar surface area (TPSA) is 60.1 Å². The normalized spacial score (nSPS) is 23.5. The molecule has 2 heterocycles. The van der Waals surface area contributed by atoms with Crippen LogP contribution < -0.4 is 4.90 Å². The Balaban J connectivity index is 2.41. The van der Waals surface area contributed by atoms with Gasteiger partial charge in [0.05, 0.1) is 11.2 Å². The van der Waals surface area contributed by atoms with Crippen LogP contribution in [-0.4, -0.2) is 28.8 Å². The number of pyridine rings is 1. The summed E-state index contributed by atoms with van der Waals surface area (Å²) in [5.41, 5.74) is -1.94. The van der Waals surface area contributed by atoms with Crippen LogP contribution >= 0.6 is 0 Å². The Labute approximate surface area is 114 Å². The number of hydrogen-bond acceptors (Lipinski definition) is 4. The molecule has 2 rings (SSSR count). The zero-order valence-electron chi connectivity index (χ0n) is 10.9. The molecule has 0 radical (unpaired) electrons. The molecule has 0 saturated carbocycles. The van der Waals surface area contributed by atoms with Gasteiger partial charge in [-0.05, 0) is 31.9 Å². The van der Waals surface area contributed by atoms with E-state index in [1.54, 1.807) is 6.92 Å². The molecule has 1 aromatic rings. The Morgan fingerprint density at radius 1 is 1.45 bits per heavy atom. The highest BCUT2D eigenvalue weighted by molar-refractivity contribution is 5.55. The number of β-amino-alcohol motifs (C(OH)–C–C–N with tert-alkyl or cyclic N) is 1. The summed E-state index contributed by atoms with van der Waals surface area (Å²) in [6, 6.07) is 3.76. The number of alkyl halides is 3. The van der Waals surface area contributed by atoms with E-state index in [-0.39, 0.29) is 17.9 Å². The molecule has 20 heavy (non-hydrogen) atoms. The SMILES string of the molecule is CC1(O)CCCN(c2nc(C(F)(F)F)ccc2C#N)C1. The Hall–Kier alpha value is -1.81. The van der Waals surface area contributed by atoms with Crippen LogP contribution in [0.15, 0.2) is 12.1 Å². The number of rotatable bonds is 1. The van der Waals surface area contributed by atoms with Crippen molar-refractivity contribution in [2.24, 2.45) is 0 Å². The van der Waals surface area contributed by atoms with Gasteiger partial charge in [-0.3, -0.25) is 0 Å². The van der Waals surface area contributed by atoms with Gasteiger partial charge in [0.2, 0.25) is 0 Å². The second-order valence-electron chi connectivity index (χ2n) is 5.20. The Morgan fingerprint density at radius 2 is 2.15 bits per heavy atom. The van der Waals surface area contributed by atoms with Crippen molar-refractivity contribution >= 4 is 5.82 Å². The summed E-state index contributed by atoms with van der Waals surface area (Å²) in [6.45, 7) is 2.26. The maximum atomic E-state index is 12.7. The third kappa shape index (κ3) is 3.02. The van der Waals surface area contributed by atoms with Crippen molar-refractivity contribution in [2.75, 3.05) is 18.0 Å². The van der Waals surface area contributed by atoms with Gasteiger partial charge in [-0.25, -0.2) is 4.98 Å². The van der Waals surface area contributed by atoms with Gasteiger partial charge >= 0.3 is 6.18 Å². The smallest absolute Gasteiger partial charge is 0.388 e. The average molecular weight is 285 g/mol. The molecule has 0 amide bonds. The van der Waals surface area contributed by atoms with Gasteiger partial charge in [0.1, 0.15) is 17.6 Å². The van der Waals surface area contributed by atoms with Gasteiger partial charge in [-0.1, -0.05) is 0 Å². The van der Waals surface area contributed by atoms with E-state index >= 15 is 0 Å². The molecule has 0 spiro atoms. The van der Waals surface area contributed by atoms with Crippen LogP contribution in [-0.2, 0) is 6.18 Å². The Morgan fingerprint density at radius 3 is 2.70 bits per heavy atom. The molecule has 1 saturated heterocycles. The number of hydrogen-bond donors (Lipinski definition) is 1. The zero-order chi connectivity index (χ0) is 15.0. The predicted octanol–water partition coefficient (Wildman–Crippen LogP) is 2.32. The van der Waals surface area contributed by atoms with E-state index in [2.05, 4.69) is 4.98 Å². The first kappa shape index (κ1) is 14.6. The summed E-state index contributed by atoms with van der Waals surface area (Å²) in [6.07, 6.45) is -3.35. The monoisotopic (exact) mass is 285 g/mol. The minimum atomic E-state index is -4.55. The van der Waals surface area contributed by atoms with Gasteiger partial charge in [0.15, 0.2) is 0 Å². The highest BCUT2D eigenvalue weighted by Gasteiger charge is 2.35. The minimum Gasteiger partial charge on any atom is -0.388 e. The molecule has 7 heteroatoms. The van der Waals surface area contributed by atoms with Crippen LogP contribution in [0.3, 0.4) is 0 Å². The second kappa shape index (κ2) is 4.94. The number of halogens is 3. The van der Waals surface area contributed by atoms with Crippen LogP contribution in [0, 0.1) is 11.3 Å². The Bertz CT molecular complexity index is 549. The number of aromatic nitrogens is 1. The van der Waals surface area contributed by atoms with E-state index in [0.29, 0.717) is 19.4 Å². The predicted molar refractivity (Wildman–Crippen MR) is 66.0 cm³/mol. The van der Waals surface area contributed by atoms with Crippen molar-refractivity contribution in [1.82, 2.24) is 4.98 Å². The third-order valence-corrected chi connectivity index (χ3v) is 3.26. The third-order valence-electron chi connectivity index (χ3n) is 3.26. The molecule has 1 N–H and O–H groups in total. The molecule has 1 aliphatic rings. The van der Waals surface area contributed by atoms with Crippen LogP contribution in [0.5, 0.6) is 0 Å². The van der Waals surface area contributed by atoms with Crippen molar-refractivity contribution in [2.45, 2.75) is 31.5 Å². The first-order valence-electron chi connectivity index (χ1n) is 6.19. The molecule has 0 aromatic carbocycles. The quantitative estimate of drug-likeness (QED) is 0.860. The van der Waals surface area contributed by atoms with Crippen LogP contribution in [0.2, 0.25) is 0 Å². The number of aliphatic hydroxyl groups is 1. The van der Waals surface area contributed by atoms with Gasteiger partial charge in [0, 0.05) is 13.1 Å². The number of anilines is 1. The van der Waals surface area contributed by atoms with Crippen molar-refractivity contribution in [1.29, 1.82) is 5.26 Å². The summed E-state index contributed by atoms with van der Waals surface area (Å²) in [4.78, 5) is 5.11. The molecule has 108 valence electrons. The van der Waals surface area contributed by atoms with Crippen molar-refractivity contribution in [3.05, 3.63) is 23.4 Å². The van der Waals surface area contributed by atoms with Gasteiger partial charge in [0.25, 0.3) is 0 Å².